The maximum atomic E-state index is 13.2. The molecule has 0 radical (unpaired) electrons. The first-order valence-corrected chi connectivity index (χ1v) is 13.8. The number of pyridine rings is 1. The SMILES string of the molecule is Cc1cc(-c2ccccc2)sc1CC(=O)c1cnc2cc(N3CCN(C(=O)OC(C)(C)C)CC3)ccc2c1. The van der Waals surface area contributed by atoms with Crippen molar-refractivity contribution in [2.24, 2.45) is 0 Å². The number of hydrogen-bond donors (Lipinski definition) is 0. The number of piperazine rings is 1. The van der Waals surface area contributed by atoms with E-state index in [9.17, 15) is 9.59 Å². The average molecular weight is 528 g/mol. The van der Waals surface area contributed by atoms with Crippen LogP contribution in [0, 0.1) is 6.92 Å². The highest BCUT2D eigenvalue weighted by molar-refractivity contribution is 7.15. The van der Waals surface area contributed by atoms with Crippen molar-refractivity contribution >= 4 is 39.8 Å². The monoisotopic (exact) mass is 527 g/mol. The lowest BCUT2D eigenvalue weighted by molar-refractivity contribution is 0.0240. The van der Waals surface area contributed by atoms with Gasteiger partial charge in [-0.15, -0.1) is 11.3 Å². The quantitative estimate of drug-likeness (QED) is 0.269. The van der Waals surface area contributed by atoms with E-state index in [4.69, 9.17) is 4.74 Å². The average Bonchev–Trinajstić information content (AvgIpc) is 3.27. The van der Waals surface area contributed by atoms with Gasteiger partial charge in [0, 0.05) is 65.2 Å². The second-order valence-electron chi connectivity index (χ2n) is 10.7. The Balaban J connectivity index is 1.25. The molecule has 1 aliphatic heterocycles. The standard InChI is InChI=1S/C31H33N3O3S/c1-21-16-29(22-8-6-5-7-9-22)38-28(21)19-27(35)24-17-23-10-11-25(18-26(23)32-20-24)33-12-14-34(15-13-33)30(36)37-31(2,3)4/h5-11,16-18,20H,12-15,19H2,1-4H3. The fraction of sp³-hybridized carbons (Fsp3) is 0.323. The minimum absolute atomic E-state index is 0.0753. The number of fused-ring (bicyclic) bond motifs is 1. The third-order valence-corrected chi connectivity index (χ3v) is 7.97. The Labute approximate surface area is 227 Å². The number of carbonyl (C=O) groups is 2. The zero-order valence-electron chi connectivity index (χ0n) is 22.4. The number of amides is 1. The Morgan fingerprint density at radius 2 is 1.71 bits per heavy atom. The molecule has 6 nitrogen and oxygen atoms in total. The highest BCUT2D eigenvalue weighted by Gasteiger charge is 2.26. The second-order valence-corrected chi connectivity index (χ2v) is 11.9. The molecule has 0 unspecified atom stereocenters. The van der Waals surface area contributed by atoms with Gasteiger partial charge in [-0.1, -0.05) is 36.4 Å². The molecule has 0 aliphatic carbocycles. The molecule has 0 bridgehead atoms. The summed E-state index contributed by atoms with van der Waals surface area (Å²) < 4.78 is 5.50. The van der Waals surface area contributed by atoms with Crippen LogP contribution in [0.2, 0.25) is 0 Å². The molecule has 1 fully saturated rings. The van der Waals surface area contributed by atoms with Crippen LogP contribution in [0.15, 0.2) is 66.9 Å². The third kappa shape index (κ3) is 5.89. The first kappa shape index (κ1) is 25.9. The molecule has 0 N–H and O–H groups in total. The summed E-state index contributed by atoms with van der Waals surface area (Å²) in [5, 5.41) is 0.944. The molecule has 0 saturated carbocycles. The molecule has 1 aliphatic rings. The van der Waals surface area contributed by atoms with E-state index in [2.05, 4.69) is 47.1 Å². The van der Waals surface area contributed by atoms with Gasteiger partial charge in [0.15, 0.2) is 5.78 Å². The van der Waals surface area contributed by atoms with Crippen molar-refractivity contribution in [3.63, 3.8) is 0 Å². The molecular weight excluding hydrogens is 494 g/mol. The molecule has 38 heavy (non-hydrogen) atoms. The smallest absolute Gasteiger partial charge is 0.410 e. The maximum absolute atomic E-state index is 13.2. The van der Waals surface area contributed by atoms with Crippen LogP contribution < -0.4 is 4.90 Å². The molecule has 2 aromatic carbocycles. The number of anilines is 1. The molecule has 1 amide bonds. The van der Waals surface area contributed by atoms with E-state index in [0.717, 1.165) is 40.1 Å². The van der Waals surface area contributed by atoms with Gasteiger partial charge in [-0.3, -0.25) is 9.78 Å². The molecule has 1 saturated heterocycles. The van der Waals surface area contributed by atoms with Crippen molar-refractivity contribution in [2.45, 2.75) is 39.7 Å². The zero-order valence-corrected chi connectivity index (χ0v) is 23.2. The number of benzene rings is 2. The topological polar surface area (TPSA) is 62.7 Å². The number of thiophene rings is 1. The number of aromatic nitrogens is 1. The first-order chi connectivity index (χ1) is 18.2. The Bertz CT molecular complexity index is 1470. The van der Waals surface area contributed by atoms with E-state index < -0.39 is 5.60 Å². The van der Waals surface area contributed by atoms with E-state index in [1.54, 1.807) is 22.4 Å². The number of carbonyl (C=O) groups excluding carboxylic acids is 2. The lowest BCUT2D eigenvalue weighted by Gasteiger charge is -2.36. The number of rotatable bonds is 5. The van der Waals surface area contributed by atoms with E-state index in [-0.39, 0.29) is 11.9 Å². The zero-order chi connectivity index (χ0) is 26.9. The molecule has 196 valence electrons. The number of aryl methyl sites for hydroxylation is 1. The first-order valence-electron chi connectivity index (χ1n) is 13.0. The number of hydrogen-bond acceptors (Lipinski definition) is 6. The van der Waals surface area contributed by atoms with Crippen LogP contribution in [-0.2, 0) is 11.2 Å². The van der Waals surface area contributed by atoms with E-state index >= 15 is 0 Å². The van der Waals surface area contributed by atoms with Gasteiger partial charge < -0.3 is 14.5 Å². The lowest BCUT2D eigenvalue weighted by atomic mass is 10.0. The summed E-state index contributed by atoms with van der Waals surface area (Å²) in [5.74, 6) is 0.0753. The van der Waals surface area contributed by atoms with Crippen molar-refractivity contribution in [1.29, 1.82) is 0 Å². The third-order valence-electron chi connectivity index (χ3n) is 6.69. The Kier molecular flexibility index (Phi) is 7.21. The van der Waals surface area contributed by atoms with Crippen molar-refractivity contribution in [2.75, 3.05) is 31.1 Å². The summed E-state index contributed by atoms with van der Waals surface area (Å²) in [6.07, 6.45) is 1.80. The van der Waals surface area contributed by atoms with Crippen molar-refractivity contribution in [3.05, 3.63) is 82.9 Å². The van der Waals surface area contributed by atoms with Crippen LogP contribution in [0.3, 0.4) is 0 Å². The van der Waals surface area contributed by atoms with Gasteiger partial charge >= 0.3 is 6.09 Å². The van der Waals surface area contributed by atoms with Crippen LogP contribution in [0.1, 0.15) is 41.6 Å². The highest BCUT2D eigenvalue weighted by Crippen LogP contribution is 2.32. The second kappa shape index (κ2) is 10.6. The number of Topliss-reactive ketones (excluding diaryl/α,β-unsaturated/α-hetero) is 1. The van der Waals surface area contributed by atoms with E-state index in [1.807, 2.05) is 51.1 Å². The Hall–Kier alpha value is -3.71. The fourth-order valence-electron chi connectivity index (χ4n) is 4.62. The molecule has 4 aromatic rings. The lowest BCUT2D eigenvalue weighted by Crippen LogP contribution is -2.50. The summed E-state index contributed by atoms with van der Waals surface area (Å²) in [7, 11) is 0. The largest absolute Gasteiger partial charge is 0.444 e. The number of ether oxygens (including phenoxy) is 1. The van der Waals surface area contributed by atoms with Crippen molar-refractivity contribution in [1.82, 2.24) is 9.88 Å². The molecule has 5 rings (SSSR count). The molecular formula is C31H33N3O3S. The van der Waals surface area contributed by atoms with Gasteiger partial charge in [-0.2, -0.15) is 0 Å². The van der Waals surface area contributed by atoms with Crippen LogP contribution in [0.4, 0.5) is 10.5 Å². The van der Waals surface area contributed by atoms with Crippen LogP contribution in [-0.4, -0.2) is 53.5 Å². The molecule has 0 atom stereocenters. The fourth-order valence-corrected chi connectivity index (χ4v) is 5.80. The van der Waals surface area contributed by atoms with Gasteiger partial charge in [0.25, 0.3) is 0 Å². The van der Waals surface area contributed by atoms with Crippen LogP contribution in [0.5, 0.6) is 0 Å². The van der Waals surface area contributed by atoms with Gasteiger partial charge in [-0.05, 0) is 63.1 Å². The molecule has 3 heterocycles. The van der Waals surface area contributed by atoms with E-state index in [1.165, 1.54) is 10.4 Å². The summed E-state index contributed by atoms with van der Waals surface area (Å²) in [5.41, 5.74) is 4.38. The molecule has 2 aromatic heterocycles. The predicted molar refractivity (Wildman–Crippen MR) is 154 cm³/mol. The predicted octanol–water partition coefficient (Wildman–Crippen LogP) is 6.75. The summed E-state index contributed by atoms with van der Waals surface area (Å²) in [6.45, 7) is 10.4. The van der Waals surface area contributed by atoms with Gasteiger partial charge in [0.2, 0.25) is 0 Å². The molecule has 7 heteroatoms. The van der Waals surface area contributed by atoms with Crippen molar-refractivity contribution < 1.29 is 14.3 Å². The summed E-state index contributed by atoms with van der Waals surface area (Å²) >= 11 is 1.68. The number of nitrogens with zero attached hydrogens (tertiary/aromatic N) is 3. The highest BCUT2D eigenvalue weighted by atomic mass is 32.1. The number of ketones is 1. The maximum Gasteiger partial charge on any atom is 0.410 e. The van der Waals surface area contributed by atoms with Gasteiger partial charge in [-0.25, -0.2) is 4.79 Å². The Morgan fingerprint density at radius 3 is 2.42 bits per heavy atom. The van der Waals surface area contributed by atoms with Gasteiger partial charge in [0.05, 0.1) is 5.52 Å². The van der Waals surface area contributed by atoms with Gasteiger partial charge in [0.1, 0.15) is 5.60 Å². The van der Waals surface area contributed by atoms with Crippen molar-refractivity contribution in [3.8, 4) is 10.4 Å². The minimum atomic E-state index is -0.494. The van der Waals surface area contributed by atoms with Crippen LogP contribution in [0.25, 0.3) is 21.3 Å². The minimum Gasteiger partial charge on any atom is -0.444 e. The van der Waals surface area contributed by atoms with Crippen LogP contribution >= 0.6 is 11.3 Å². The van der Waals surface area contributed by atoms with E-state index in [0.29, 0.717) is 25.1 Å². The Morgan fingerprint density at radius 1 is 0.974 bits per heavy atom. The molecule has 0 spiro atoms. The summed E-state index contributed by atoms with van der Waals surface area (Å²) in [4.78, 5) is 36.4. The normalized spacial score (nSPS) is 14.1. The summed E-state index contributed by atoms with van der Waals surface area (Å²) in [6, 6.07) is 20.5.